The van der Waals surface area contributed by atoms with Crippen molar-refractivity contribution in [2.45, 2.75) is 75.7 Å². The first-order valence-corrected chi connectivity index (χ1v) is 19.8. The van der Waals surface area contributed by atoms with Gasteiger partial charge in [-0.1, -0.05) is 30.3 Å². The molecule has 0 atom stereocenters. The van der Waals surface area contributed by atoms with Crippen molar-refractivity contribution in [1.29, 1.82) is 0 Å². The molecule has 310 valence electrons. The van der Waals surface area contributed by atoms with Gasteiger partial charge in [0.2, 0.25) is 0 Å². The molecule has 9 aromatic rings. The smallest absolute Gasteiger partial charge is 0.146 e. The van der Waals surface area contributed by atoms with Gasteiger partial charge in [0.05, 0.1) is 1.37 Å². The molecule has 0 saturated carbocycles. The van der Waals surface area contributed by atoms with Crippen molar-refractivity contribution in [3.05, 3.63) is 141 Å². The summed E-state index contributed by atoms with van der Waals surface area (Å²) in [5, 5.41) is 57.2. The predicted octanol–water partition coefficient (Wildman–Crippen LogP) is 9.29. The van der Waals surface area contributed by atoms with E-state index in [9.17, 15) is 20.1 Å². The number of aromatic nitrogens is 9. The van der Waals surface area contributed by atoms with Crippen LogP contribution in [0.15, 0.2) is 84.9 Å². The van der Waals surface area contributed by atoms with Gasteiger partial charge in [0.25, 0.3) is 0 Å². The molecular formula is C48H49N9O4. The summed E-state index contributed by atoms with van der Waals surface area (Å²) in [4.78, 5) is 15.7. The molecule has 0 saturated heterocycles. The summed E-state index contributed by atoms with van der Waals surface area (Å²) in [6.07, 6.45) is 0.327. The van der Waals surface area contributed by atoms with E-state index in [1.165, 1.54) is 25.5 Å². The molecule has 0 radical (unpaired) electrons. The highest BCUT2D eigenvalue weighted by Crippen LogP contribution is 2.30. The Morgan fingerprint density at radius 3 is 1.21 bits per heavy atom. The minimum Gasteiger partial charge on any atom is -0.505 e. The average Bonchev–Trinajstić information content (AvgIpc) is 3.93. The number of rotatable bonds is 5. The van der Waals surface area contributed by atoms with Gasteiger partial charge >= 0.3 is 0 Å². The van der Waals surface area contributed by atoms with Crippen LogP contribution in [0.3, 0.4) is 0 Å². The second-order valence-electron chi connectivity index (χ2n) is 15.8. The molecule has 0 aliphatic heterocycles. The first-order valence-electron chi connectivity index (χ1n) is 20.3. The van der Waals surface area contributed by atoms with Crippen molar-refractivity contribution in [3.63, 3.8) is 0 Å². The Labute approximate surface area is 354 Å². The summed E-state index contributed by atoms with van der Waals surface area (Å²) in [5.74, 6) is 0.610. The molecule has 0 fully saturated rings. The first kappa shape index (κ1) is 40.4. The number of Topliss-reactive ketones (excluding diaryl/α,β-unsaturated/α-hetero) is 1. The molecule has 9 rings (SSSR count). The van der Waals surface area contributed by atoms with E-state index in [0.29, 0.717) is 46.1 Å². The van der Waals surface area contributed by atoms with Crippen LogP contribution in [0, 0.1) is 62.3 Å². The number of nitrogens with zero attached hydrogens (tertiary/aromatic N) is 9. The molecule has 0 aliphatic carbocycles. The Balaban J connectivity index is 0.000000141. The van der Waals surface area contributed by atoms with E-state index in [1.807, 2.05) is 96.1 Å². The number of hydrogen-bond acceptors (Lipinski definition) is 10. The van der Waals surface area contributed by atoms with Crippen LogP contribution in [-0.2, 0) is 11.2 Å². The van der Waals surface area contributed by atoms with Crippen molar-refractivity contribution in [2.75, 3.05) is 0 Å². The van der Waals surface area contributed by atoms with Crippen LogP contribution in [0.2, 0.25) is 0 Å². The molecule has 3 N–H and O–H groups in total. The van der Waals surface area contributed by atoms with Crippen LogP contribution in [0.25, 0.3) is 50.2 Å². The highest BCUT2D eigenvalue weighted by atomic mass is 16.3. The fourth-order valence-corrected chi connectivity index (χ4v) is 7.03. The Morgan fingerprint density at radius 1 is 0.475 bits per heavy atom. The number of fused-ring (bicyclic) bond motifs is 3. The highest BCUT2D eigenvalue weighted by molar-refractivity contribution is 5.79. The Kier molecular flexibility index (Phi) is 11.0. The number of phenols is 3. The Hall–Kier alpha value is -7.41. The van der Waals surface area contributed by atoms with E-state index >= 15 is 0 Å². The third-order valence-corrected chi connectivity index (χ3v) is 10.5. The number of carbonyl (C=O) groups excluding carboxylic acids is 1. The number of benzene rings is 6. The number of carbonyl (C=O) groups is 1. The number of ketones is 1. The van der Waals surface area contributed by atoms with E-state index in [4.69, 9.17) is 1.37 Å². The molecule has 6 aromatic carbocycles. The molecule has 0 aliphatic rings. The summed E-state index contributed by atoms with van der Waals surface area (Å²) in [6, 6.07) is 24.6. The first-order chi connectivity index (χ1) is 29.3. The van der Waals surface area contributed by atoms with Crippen molar-refractivity contribution in [2.24, 2.45) is 0 Å². The molecule has 61 heavy (non-hydrogen) atoms. The minimum absolute atomic E-state index is 0.0749. The van der Waals surface area contributed by atoms with Crippen LogP contribution < -0.4 is 0 Å². The summed E-state index contributed by atoms with van der Waals surface area (Å²) in [6.45, 7) is 19.2. The summed E-state index contributed by atoms with van der Waals surface area (Å²) < 4.78 is 7.57. The second-order valence-corrected chi connectivity index (χ2v) is 15.8. The largest absolute Gasteiger partial charge is 0.505 e. The maximum Gasteiger partial charge on any atom is 0.146 e. The third-order valence-electron chi connectivity index (χ3n) is 10.5. The van der Waals surface area contributed by atoms with Gasteiger partial charge in [-0.2, -0.15) is 0 Å². The SMILES string of the molecule is CC(=O)Cc1cc(C)c(O)c(-n2nc3cc(C)c(C)cc3n2)c1.Cc1cc(C)c(O)c(-n2nc3cc(C)c(C)cc3n2)c1.[3H]c1ccc2nn(-c3cc(C)cc(C)c3O)nc2c1. The molecule has 13 nitrogen and oxygen atoms in total. The van der Waals surface area contributed by atoms with Gasteiger partial charge in [0.15, 0.2) is 0 Å². The number of hydrogen-bond donors (Lipinski definition) is 3. The number of phenolic OH excluding ortho intramolecular Hbond substituents is 3. The van der Waals surface area contributed by atoms with Crippen molar-refractivity contribution in [1.82, 2.24) is 45.0 Å². The number of aryl methyl sites for hydroxylation is 9. The monoisotopic (exact) mass is 817 g/mol. The van der Waals surface area contributed by atoms with Crippen LogP contribution >= 0.6 is 0 Å². The van der Waals surface area contributed by atoms with E-state index in [0.717, 1.165) is 61.0 Å². The quantitative estimate of drug-likeness (QED) is 0.152. The van der Waals surface area contributed by atoms with Gasteiger partial charge in [-0.15, -0.1) is 45.0 Å². The zero-order chi connectivity index (χ0) is 44.7. The molecule has 0 amide bonds. The highest BCUT2D eigenvalue weighted by Gasteiger charge is 2.16. The maximum atomic E-state index is 11.4. The van der Waals surface area contributed by atoms with Gasteiger partial charge in [-0.25, -0.2) is 0 Å². The van der Waals surface area contributed by atoms with Gasteiger partial charge in [-0.3, -0.25) is 4.79 Å². The van der Waals surface area contributed by atoms with E-state index < -0.39 is 0 Å². The molecule has 0 bridgehead atoms. The average molecular weight is 818 g/mol. The van der Waals surface area contributed by atoms with Gasteiger partial charge in [-0.05, 0) is 179 Å². The zero-order valence-electron chi connectivity index (χ0n) is 37.0. The van der Waals surface area contributed by atoms with E-state index in [1.54, 1.807) is 38.1 Å². The van der Waals surface area contributed by atoms with Crippen LogP contribution in [0.5, 0.6) is 17.2 Å². The lowest BCUT2D eigenvalue weighted by atomic mass is 10.0. The Bertz CT molecular complexity index is 3120. The van der Waals surface area contributed by atoms with E-state index in [2.05, 4.69) is 44.4 Å². The molecule has 13 heteroatoms. The number of aromatic hydroxyl groups is 3. The second kappa shape index (κ2) is 16.7. The van der Waals surface area contributed by atoms with Crippen LogP contribution in [0.1, 0.15) is 63.9 Å². The normalized spacial score (nSPS) is 11.3. The lowest BCUT2D eigenvalue weighted by Gasteiger charge is -2.09. The lowest BCUT2D eigenvalue weighted by Crippen LogP contribution is -2.03. The summed E-state index contributed by atoms with van der Waals surface area (Å²) in [5.41, 5.74) is 16.2. The summed E-state index contributed by atoms with van der Waals surface area (Å²) >= 11 is 0. The third kappa shape index (κ3) is 8.81. The predicted molar refractivity (Wildman–Crippen MR) is 239 cm³/mol. The topological polar surface area (TPSA) is 170 Å². The molecule has 0 unspecified atom stereocenters. The molecule has 3 heterocycles. The van der Waals surface area contributed by atoms with Crippen molar-refractivity contribution < 1.29 is 21.5 Å². The fraction of sp³-hybridized carbons (Fsp3) is 0.229. The van der Waals surface area contributed by atoms with Crippen LogP contribution in [-0.4, -0.2) is 66.1 Å². The standard InChI is InChI=1S/C18H19N3O2.C16H17N3O.C14H13N3O/c1-10-6-15-16(7-11(10)2)20-21(19-15)17-9-14(8-13(4)22)5-12(3)18(17)23;1-9-5-12(4)16(20)15(6-9)19-17-13-7-10(2)11(3)8-14(13)18-19;1-9-7-10(2)14(18)13(8-9)17-15-11-5-3-4-6-12(11)16-17/h5-7,9,23H,8H2,1-4H3;5-8,20H,1-4H3;3-8,18H,1-2H3/i;;3T. The Morgan fingerprint density at radius 2 is 0.820 bits per heavy atom. The lowest BCUT2D eigenvalue weighted by molar-refractivity contribution is -0.116. The van der Waals surface area contributed by atoms with Gasteiger partial charge < -0.3 is 15.3 Å². The van der Waals surface area contributed by atoms with Crippen molar-refractivity contribution in [3.8, 4) is 34.3 Å². The molecule has 0 spiro atoms. The maximum absolute atomic E-state index is 11.4. The van der Waals surface area contributed by atoms with Crippen LogP contribution in [0.4, 0.5) is 0 Å². The molecular weight excluding hydrogens is 767 g/mol. The van der Waals surface area contributed by atoms with Gasteiger partial charge in [0.1, 0.15) is 73.2 Å². The van der Waals surface area contributed by atoms with Crippen molar-refractivity contribution >= 4 is 38.9 Å². The molecule has 3 aromatic heterocycles. The van der Waals surface area contributed by atoms with Gasteiger partial charge in [0, 0.05) is 6.42 Å². The summed E-state index contributed by atoms with van der Waals surface area (Å²) in [7, 11) is 0. The zero-order valence-corrected chi connectivity index (χ0v) is 36.0. The minimum atomic E-state index is 0.0749. The fourth-order valence-electron chi connectivity index (χ4n) is 7.03. The van der Waals surface area contributed by atoms with E-state index in [-0.39, 0.29) is 23.0 Å².